The molecule has 7 nitrogen and oxygen atoms in total. The third-order valence-electron chi connectivity index (χ3n) is 5.94. The van der Waals surface area contributed by atoms with Crippen molar-refractivity contribution in [1.29, 1.82) is 5.26 Å². The molecule has 11 heteroatoms. The summed E-state index contributed by atoms with van der Waals surface area (Å²) in [7, 11) is 0. The molecule has 1 saturated heterocycles. The number of anilines is 2. The fourth-order valence-corrected chi connectivity index (χ4v) is 4.26. The first-order chi connectivity index (χ1) is 15.4. The summed E-state index contributed by atoms with van der Waals surface area (Å²) in [6, 6.07) is 8.14. The highest BCUT2D eigenvalue weighted by atomic mass is 32.1. The van der Waals surface area contributed by atoms with E-state index in [1.807, 2.05) is 0 Å². The molecule has 2 aliphatic rings. The number of hydrogen-bond donors (Lipinski definition) is 2. The van der Waals surface area contributed by atoms with Crippen LogP contribution in [0.2, 0.25) is 0 Å². The van der Waals surface area contributed by atoms with Crippen LogP contribution >= 0.6 is 12.2 Å². The number of nitriles is 1. The van der Waals surface area contributed by atoms with Gasteiger partial charge in [-0.05, 0) is 63.2 Å². The summed E-state index contributed by atoms with van der Waals surface area (Å²) in [6.07, 6.45) is -2.66. The first-order valence-corrected chi connectivity index (χ1v) is 10.6. The summed E-state index contributed by atoms with van der Waals surface area (Å²) in [5.41, 5.74) is 3.70. The number of aliphatic hydroxyl groups excluding tert-OH is 1. The van der Waals surface area contributed by atoms with Gasteiger partial charge in [-0.3, -0.25) is 4.90 Å². The summed E-state index contributed by atoms with van der Waals surface area (Å²) in [5, 5.41) is 20.2. The molecule has 0 bridgehead atoms. The largest absolute Gasteiger partial charge is 0.476 e. The zero-order chi connectivity index (χ0) is 24.2. The maximum Gasteiger partial charge on any atom is 0.417 e. The van der Waals surface area contributed by atoms with Crippen molar-refractivity contribution in [3.8, 4) is 11.9 Å². The molecule has 1 unspecified atom stereocenters. The quantitative estimate of drug-likeness (QED) is 0.631. The van der Waals surface area contributed by atoms with E-state index in [0.717, 1.165) is 25.0 Å². The fourth-order valence-electron chi connectivity index (χ4n) is 3.71. The van der Waals surface area contributed by atoms with Crippen LogP contribution in [0.1, 0.15) is 37.8 Å². The highest BCUT2D eigenvalue weighted by Gasteiger charge is 2.50. The average molecular weight is 478 g/mol. The molecule has 1 aromatic heterocycles. The van der Waals surface area contributed by atoms with E-state index in [4.69, 9.17) is 28.0 Å². The van der Waals surface area contributed by atoms with E-state index >= 15 is 0 Å². The normalized spacial score (nSPS) is 21.2. The van der Waals surface area contributed by atoms with E-state index in [0.29, 0.717) is 18.2 Å². The predicted octanol–water partition coefficient (Wildman–Crippen LogP) is 3.55. The smallest absolute Gasteiger partial charge is 0.417 e. The number of thiocarbonyl (C=S) groups is 1. The van der Waals surface area contributed by atoms with Crippen LogP contribution < -0.4 is 20.3 Å². The van der Waals surface area contributed by atoms with Gasteiger partial charge in [-0.15, -0.1) is 0 Å². The van der Waals surface area contributed by atoms with E-state index in [9.17, 15) is 18.3 Å². The van der Waals surface area contributed by atoms with Crippen LogP contribution in [0.5, 0.6) is 5.88 Å². The third-order valence-corrected chi connectivity index (χ3v) is 6.32. The first-order valence-electron chi connectivity index (χ1n) is 10.2. The SMILES string of the molecule is CC1(C)C(O)N(c2ccc(C#N)c(C(F)(F)F)c2)C(=S)N1c1ccc(OCC2(N)CC2)nc1. The molecule has 0 radical (unpaired) electrons. The van der Waals surface area contributed by atoms with Crippen LogP contribution in [-0.4, -0.2) is 39.1 Å². The maximum atomic E-state index is 13.5. The summed E-state index contributed by atoms with van der Waals surface area (Å²) in [6.45, 7) is 3.79. The van der Waals surface area contributed by atoms with Gasteiger partial charge >= 0.3 is 6.18 Å². The van der Waals surface area contributed by atoms with Crippen LogP contribution in [0.15, 0.2) is 36.5 Å². The second-order valence-corrected chi connectivity index (χ2v) is 9.23. The summed E-state index contributed by atoms with van der Waals surface area (Å²) < 4.78 is 46.0. The lowest BCUT2D eigenvalue weighted by molar-refractivity contribution is -0.137. The molecule has 1 aliphatic heterocycles. The summed E-state index contributed by atoms with van der Waals surface area (Å²) in [5.74, 6) is 0.387. The number of ether oxygens (including phenoxy) is 1. The number of nitrogens with two attached hydrogens (primary N) is 1. The van der Waals surface area contributed by atoms with Gasteiger partial charge in [0.2, 0.25) is 5.88 Å². The Bertz CT molecular complexity index is 1130. The second kappa shape index (κ2) is 7.83. The van der Waals surface area contributed by atoms with Gasteiger partial charge in [0.1, 0.15) is 6.61 Å². The van der Waals surface area contributed by atoms with E-state index in [2.05, 4.69) is 4.98 Å². The van der Waals surface area contributed by atoms with Crippen molar-refractivity contribution < 1.29 is 23.0 Å². The Labute approximate surface area is 194 Å². The number of benzene rings is 1. The number of halogens is 3. The van der Waals surface area contributed by atoms with Gasteiger partial charge in [-0.2, -0.15) is 18.4 Å². The number of pyridine rings is 1. The molecular weight excluding hydrogens is 455 g/mol. The highest BCUT2D eigenvalue weighted by molar-refractivity contribution is 7.80. The van der Waals surface area contributed by atoms with Crippen LogP contribution in [-0.2, 0) is 6.18 Å². The minimum Gasteiger partial charge on any atom is -0.476 e. The standard InChI is InChI=1S/C22H22F3N5O2S/c1-20(2)18(31)29(14-4-3-13(10-26)16(9-14)22(23,24)25)19(33)30(20)15-5-6-17(28-11-15)32-12-21(27)7-8-21/h3-6,9,11,18,31H,7-8,12,27H2,1-2H3. The Kier molecular flexibility index (Phi) is 5.51. The minimum absolute atomic E-state index is 0.0278. The van der Waals surface area contributed by atoms with E-state index in [1.54, 1.807) is 36.9 Å². The lowest BCUT2D eigenvalue weighted by Crippen LogP contribution is -2.47. The molecule has 2 aromatic rings. The maximum absolute atomic E-state index is 13.5. The number of aromatic nitrogens is 1. The Balaban J connectivity index is 1.64. The lowest BCUT2D eigenvalue weighted by atomic mass is 10.0. The predicted molar refractivity (Wildman–Crippen MR) is 120 cm³/mol. The van der Waals surface area contributed by atoms with Gasteiger partial charge in [-0.1, -0.05) is 0 Å². The zero-order valence-corrected chi connectivity index (χ0v) is 18.7. The number of rotatable bonds is 5. The van der Waals surface area contributed by atoms with Gasteiger partial charge < -0.3 is 20.5 Å². The number of alkyl halides is 3. The van der Waals surface area contributed by atoms with Crippen molar-refractivity contribution in [2.45, 2.75) is 50.2 Å². The molecular formula is C22H22F3N5O2S. The van der Waals surface area contributed by atoms with Gasteiger partial charge in [-0.25, -0.2) is 4.98 Å². The van der Waals surface area contributed by atoms with Crippen LogP contribution in [0, 0.1) is 11.3 Å². The molecule has 3 N–H and O–H groups in total. The molecule has 1 aliphatic carbocycles. The molecule has 2 fully saturated rings. The van der Waals surface area contributed by atoms with E-state index in [-0.39, 0.29) is 16.3 Å². The van der Waals surface area contributed by atoms with Crippen molar-refractivity contribution in [2.75, 3.05) is 16.4 Å². The number of aliphatic hydroxyl groups is 1. The average Bonchev–Trinajstić information content (AvgIpc) is 3.46. The lowest BCUT2D eigenvalue weighted by Gasteiger charge is -2.32. The monoisotopic (exact) mass is 477 g/mol. The summed E-state index contributed by atoms with van der Waals surface area (Å²) in [4.78, 5) is 7.15. The Hall–Kier alpha value is -2.94. The van der Waals surface area contributed by atoms with E-state index in [1.165, 1.54) is 17.2 Å². The van der Waals surface area contributed by atoms with Crippen LogP contribution in [0.25, 0.3) is 0 Å². The Morgan fingerprint density at radius 2 is 1.94 bits per heavy atom. The topological polar surface area (TPSA) is 98.6 Å². The second-order valence-electron chi connectivity index (χ2n) is 8.86. The molecule has 2 heterocycles. The van der Waals surface area contributed by atoms with Crippen molar-refractivity contribution >= 4 is 28.7 Å². The highest BCUT2D eigenvalue weighted by Crippen LogP contribution is 2.41. The van der Waals surface area contributed by atoms with Gasteiger partial charge in [0, 0.05) is 11.8 Å². The molecule has 1 aromatic carbocycles. The van der Waals surface area contributed by atoms with Gasteiger partial charge in [0.05, 0.1) is 40.2 Å². The van der Waals surface area contributed by atoms with Crippen LogP contribution in [0.4, 0.5) is 24.5 Å². The van der Waals surface area contributed by atoms with E-state index < -0.39 is 29.1 Å². The van der Waals surface area contributed by atoms with Crippen molar-refractivity contribution in [3.63, 3.8) is 0 Å². The van der Waals surface area contributed by atoms with Crippen molar-refractivity contribution in [2.24, 2.45) is 5.73 Å². The molecule has 4 rings (SSSR count). The first kappa shape index (κ1) is 23.2. The molecule has 33 heavy (non-hydrogen) atoms. The zero-order valence-electron chi connectivity index (χ0n) is 17.9. The Morgan fingerprint density at radius 3 is 2.48 bits per heavy atom. The summed E-state index contributed by atoms with van der Waals surface area (Å²) >= 11 is 5.56. The van der Waals surface area contributed by atoms with Crippen molar-refractivity contribution in [1.82, 2.24) is 4.98 Å². The molecule has 1 saturated carbocycles. The van der Waals surface area contributed by atoms with Crippen molar-refractivity contribution in [3.05, 3.63) is 47.7 Å². The third kappa shape index (κ3) is 4.21. The molecule has 0 spiro atoms. The molecule has 174 valence electrons. The molecule has 1 atom stereocenters. The Morgan fingerprint density at radius 1 is 1.27 bits per heavy atom. The van der Waals surface area contributed by atoms with Gasteiger partial charge in [0.25, 0.3) is 0 Å². The van der Waals surface area contributed by atoms with Crippen LogP contribution in [0.3, 0.4) is 0 Å². The number of hydrogen-bond acceptors (Lipinski definition) is 6. The minimum atomic E-state index is -4.73. The molecule has 0 amide bonds. The van der Waals surface area contributed by atoms with Gasteiger partial charge in [0.15, 0.2) is 11.3 Å². The fraction of sp³-hybridized carbons (Fsp3) is 0.409. The number of nitrogens with zero attached hydrogens (tertiary/aromatic N) is 4.